The highest BCUT2D eigenvalue weighted by molar-refractivity contribution is 7.13. The second kappa shape index (κ2) is 8.40. The molecule has 1 amide bonds. The molecule has 0 aliphatic rings. The number of carbonyl (C=O) groups is 1. The van der Waals surface area contributed by atoms with Crippen LogP contribution in [0.1, 0.15) is 16.8 Å². The number of nitrogens with one attached hydrogen (secondary N) is 1. The van der Waals surface area contributed by atoms with Gasteiger partial charge in [-0.25, -0.2) is 4.98 Å². The molecular weight excluding hydrogens is 346 g/mol. The van der Waals surface area contributed by atoms with Gasteiger partial charge in [-0.1, -0.05) is 47.6 Å². The molecule has 0 atom stereocenters. The Kier molecular flexibility index (Phi) is 5.76. The molecule has 0 fully saturated rings. The summed E-state index contributed by atoms with van der Waals surface area (Å²) in [4.78, 5) is 21.6. The number of hydrogen-bond donors (Lipinski definition) is 1. The van der Waals surface area contributed by atoms with Gasteiger partial charge in [-0.3, -0.25) is 4.79 Å². The van der Waals surface area contributed by atoms with Gasteiger partial charge < -0.3 is 10.2 Å². The van der Waals surface area contributed by atoms with E-state index >= 15 is 0 Å². The van der Waals surface area contributed by atoms with Crippen LogP contribution in [0.15, 0.2) is 59.1 Å². The summed E-state index contributed by atoms with van der Waals surface area (Å²) >= 11 is 1.55. The van der Waals surface area contributed by atoms with E-state index in [0.717, 1.165) is 39.3 Å². The lowest BCUT2D eigenvalue weighted by Crippen LogP contribution is -2.14. The predicted octanol–water partition coefficient (Wildman–Crippen LogP) is 4.57. The van der Waals surface area contributed by atoms with Crippen LogP contribution in [0.2, 0.25) is 0 Å². The highest BCUT2D eigenvalue weighted by Crippen LogP contribution is 2.23. The third-order valence-corrected chi connectivity index (χ3v) is 4.83. The first-order chi connectivity index (χ1) is 12.6. The van der Waals surface area contributed by atoms with Crippen molar-refractivity contribution in [3.63, 3.8) is 0 Å². The lowest BCUT2D eigenvalue weighted by molar-refractivity contribution is -0.110. The molecule has 0 unspecified atom stereocenters. The maximum Gasteiger partial charge on any atom is 0.270 e. The van der Waals surface area contributed by atoms with Crippen molar-refractivity contribution in [2.45, 2.75) is 20.5 Å². The van der Waals surface area contributed by atoms with Gasteiger partial charge >= 0.3 is 0 Å². The second-order valence-corrected chi connectivity index (χ2v) is 6.61. The third kappa shape index (κ3) is 4.55. The average molecular weight is 365 g/mol. The monoisotopic (exact) mass is 365 g/mol. The maximum absolute atomic E-state index is 11.9. The molecular formula is C20H19N3O2S. The zero-order valence-corrected chi connectivity index (χ0v) is 15.4. The van der Waals surface area contributed by atoms with E-state index < -0.39 is 0 Å². The SMILES string of the molecule is Cc1cccc(NC(=O)/C=N/OCc2csc(-c3ccccc3)n2)c1C. The fourth-order valence-electron chi connectivity index (χ4n) is 2.33. The molecule has 132 valence electrons. The van der Waals surface area contributed by atoms with E-state index in [4.69, 9.17) is 4.84 Å². The molecule has 26 heavy (non-hydrogen) atoms. The Morgan fingerprint density at radius 3 is 2.81 bits per heavy atom. The normalized spacial score (nSPS) is 10.8. The number of oxime groups is 1. The Hall–Kier alpha value is -2.99. The van der Waals surface area contributed by atoms with Crippen LogP contribution in [0.3, 0.4) is 0 Å². The van der Waals surface area contributed by atoms with Gasteiger partial charge in [0.2, 0.25) is 0 Å². The Bertz CT molecular complexity index is 920. The second-order valence-electron chi connectivity index (χ2n) is 5.75. The van der Waals surface area contributed by atoms with E-state index in [1.807, 2.05) is 67.8 Å². The summed E-state index contributed by atoms with van der Waals surface area (Å²) in [6, 6.07) is 15.7. The van der Waals surface area contributed by atoms with Crippen LogP contribution in [0.5, 0.6) is 0 Å². The number of anilines is 1. The summed E-state index contributed by atoms with van der Waals surface area (Å²) in [6.45, 7) is 4.18. The van der Waals surface area contributed by atoms with Crippen LogP contribution < -0.4 is 5.32 Å². The largest absolute Gasteiger partial charge is 0.389 e. The Labute approximate surface area is 156 Å². The molecule has 1 aromatic heterocycles. The lowest BCUT2D eigenvalue weighted by Gasteiger charge is -2.08. The van der Waals surface area contributed by atoms with Gasteiger partial charge in [-0.05, 0) is 31.0 Å². The first kappa shape index (κ1) is 17.8. The quantitative estimate of drug-likeness (QED) is 0.514. The summed E-state index contributed by atoms with van der Waals surface area (Å²) in [5, 5.41) is 9.37. The van der Waals surface area contributed by atoms with Gasteiger partial charge in [-0.15, -0.1) is 11.3 Å². The highest BCUT2D eigenvalue weighted by Gasteiger charge is 2.05. The minimum absolute atomic E-state index is 0.219. The van der Waals surface area contributed by atoms with E-state index in [2.05, 4.69) is 15.5 Å². The summed E-state index contributed by atoms with van der Waals surface area (Å²) < 4.78 is 0. The summed E-state index contributed by atoms with van der Waals surface area (Å²) in [5.74, 6) is -0.332. The minimum Gasteiger partial charge on any atom is -0.389 e. The molecule has 6 heteroatoms. The van der Waals surface area contributed by atoms with E-state index in [9.17, 15) is 4.79 Å². The van der Waals surface area contributed by atoms with E-state index in [0.29, 0.717) is 0 Å². The zero-order chi connectivity index (χ0) is 18.4. The predicted molar refractivity (Wildman–Crippen MR) is 105 cm³/mol. The average Bonchev–Trinajstić information content (AvgIpc) is 3.12. The van der Waals surface area contributed by atoms with Crippen molar-refractivity contribution >= 4 is 29.1 Å². The molecule has 0 bridgehead atoms. The number of aromatic nitrogens is 1. The first-order valence-electron chi connectivity index (χ1n) is 8.16. The molecule has 1 heterocycles. The van der Waals surface area contributed by atoms with Gasteiger partial charge in [0.1, 0.15) is 11.2 Å². The van der Waals surface area contributed by atoms with Crippen LogP contribution in [0.4, 0.5) is 5.69 Å². The minimum atomic E-state index is -0.332. The molecule has 0 saturated carbocycles. The van der Waals surface area contributed by atoms with Crippen LogP contribution in [0.25, 0.3) is 10.6 Å². The van der Waals surface area contributed by atoms with Gasteiger partial charge in [0.05, 0.1) is 5.69 Å². The fraction of sp³-hybridized carbons (Fsp3) is 0.150. The fourth-order valence-corrected chi connectivity index (χ4v) is 3.14. The molecule has 0 aliphatic heterocycles. The number of amides is 1. The molecule has 1 N–H and O–H groups in total. The van der Waals surface area contributed by atoms with Crippen molar-refractivity contribution in [1.82, 2.24) is 4.98 Å². The van der Waals surface area contributed by atoms with Crippen LogP contribution in [0, 0.1) is 13.8 Å². The van der Waals surface area contributed by atoms with Crippen LogP contribution in [-0.4, -0.2) is 17.1 Å². The molecule has 2 aromatic carbocycles. The molecule has 0 radical (unpaired) electrons. The number of carbonyl (C=O) groups excluding carboxylic acids is 1. The number of hydrogen-bond acceptors (Lipinski definition) is 5. The summed E-state index contributed by atoms with van der Waals surface area (Å²) in [7, 11) is 0. The molecule has 5 nitrogen and oxygen atoms in total. The van der Waals surface area contributed by atoms with Crippen molar-refractivity contribution in [3.8, 4) is 10.6 Å². The Morgan fingerprint density at radius 2 is 2.00 bits per heavy atom. The van der Waals surface area contributed by atoms with Crippen molar-refractivity contribution in [3.05, 3.63) is 70.7 Å². The zero-order valence-electron chi connectivity index (χ0n) is 14.6. The standard InChI is InChI=1S/C20H19N3O2S/c1-14-7-6-10-18(15(14)2)23-19(24)11-21-25-12-17-13-26-20(22-17)16-8-4-3-5-9-16/h3-11,13H,12H2,1-2H3,(H,23,24)/b21-11+. The molecule has 0 spiro atoms. The van der Waals surface area contributed by atoms with Crippen LogP contribution >= 0.6 is 11.3 Å². The highest BCUT2D eigenvalue weighted by atomic mass is 32.1. The van der Waals surface area contributed by atoms with Crippen molar-refractivity contribution in [2.75, 3.05) is 5.32 Å². The summed E-state index contributed by atoms with van der Waals surface area (Å²) in [5.41, 5.74) is 4.77. The molecule has 0 saturated heterocycles. The van der Waals surface area contributed by atoms with E-state index in [1.165, 1.54) is 0 Å². The molecule has 3 rings (SSSR count). The number of thiazole rings is 1. The van der Waals surface area contributed by atoms with Gasteiger partial charge in [-0.2, -0.15) is 0 Å². The number of aryl methyl sites for hydroxylation is 1. The third-order valence-electron chi connectivity index (χ3n) is 3.89. The molecule has 0 aliphatic carbocycles. The van der Waals surface area contributed by atoms with E-state index in [-0.39, 0.29) is 12.5 Å². The smallest absolute Gasteiger partial charge is 0.270 e. The topological polar surface area (TPSA) is 63.6 Å². The number of nitrogens with zero attached hydrogens (tertiary/aromatic N) is 2. The van der Waals surface area contributed by atoms with Crippen molar-refractivity contribution in [2.24, 2.45) is 5.16 Å². The first-order valence-corrected chi connectivity index (χ1v) is 9.04. The van der Waals surface area contributed by atoms with Gasteiger partial charge in [0.15, 0.2) is 6.61 Å². The lowest BCUT2D eigenvalue weighted by atomic mass is 10.1. The molecule has 3 aromatic rings. The van der Waals surface area contributed by atoms with Gasteiger partial charge in [0, 0.05) is 16.6 Å². The van der Waals surface area contributed by atoms with E-state index in [1.54, 1.807) is 11.3 Å². The number of benzene rings is 2. The van der Waals surface area contributed by atoms with Crippen molar-refractivity contribution < 1.29 is 9.63 Å². The Morgan fingerprint density at radius 1 is 1.19 bits per heavy atom. The summed E-state index contributed by atoms with van der Waals surface area (Å²) in [6.07, 6.45) is 1.13. The number of rotatable bonds is 6. The van der Waals surface area contributed by atoms with Gasteiger partial charge in [0.25, 0.3) is 5.91 Å². The maximum atomic E-state index is 11.9. The van der Waals surface area contributed by atoms with Crippen molar-refractivity contribution in [1.29, 1.82) is 0 Å². The Balaban J connectivity index is 1.51. The van der Waals surface area contributed by atoms with Crippen LogP contribution in [-0.2, 0) is 16.2 Å².